The topological polar surface area (TPSA) is 122 Å². The molecule has 1 aliphatic carbocycles. The van der Waals surface area contributed by atoms with Crippen molar-refractivity contribution in [3.05, 3.63) is 52.6 Å². The van der Waals surface area contributed by atoms with Gasteiger partial charge in [0, 0.05) is 47.6 Å². The maximum absolute atomic E-state index is 16.8. The summed E-state index contributed by atoms with van der Waals surface area (Å²) in [6.45, 7) is 8.09. The minimum Gasteiger partial charge on any atom is -0.463 e. The van der Waals surface area contributed by atoms with E-state index in [1.54, 1.807) is 20.8 Å². The molecule has 250 valence electrons. The number of piperidine rings is 1. The van der Waals surface area contributed by atoms with Crippen LogP contribution in [-0.4, -0.2) is 57.8 Å². The highest BCUT2D eigenvalue weighted by Gasteiger charge is 2.45. The van der Waals surface area contributed by atoms with Gasteiger partial charge in [-0.25, -0.2) is 22.9 Å². The van der Waals surface area contributed by atoms with Crippen molar-refractivity contribution in [1.82, 2.24) is 19.9 Å². The van der Waals surface area contributed by atoms with Crippen LogP contribution in [0.1, 0.15) is 63.1 Å². The van der Waals surface area contributed by atoms with Crippen LogP contribution in [0.4, 0.5) is 23.0 Å². The monoisotopic (exact) mass is 678 g/mol. The van der Waals surface area contributed by atoms with Gasteiger partial charge in [0.2, 0.25) is 0 Å². The van der Waals surface area contributed by atoms with E-state index in [0.717, 1.165) is 74.8 Å². The van der Waals surface area contributed by atoms with Gasteiger partial charge < -0.3 is 19.1 Å². The molecule has 2 aliphatic heterocycles. The summed E-state index contributed by atoms with van der Waals surface area (Å²) in [5.74, 6) is -1.46. The van der Waals surface area contributed by atoms with Gasteiger partial charge in [-0.15, -0.1) is 11.3 Å². The van der Waals surface area contributed by atoms with Crippen molar-refractivity contribution < 1.29 is 32.2 Å². The Labute approximate surface area is 278 Å². The molecule has 14 heteroatoms. The fourth-order valence-corrected chi connectivity index (χ4v) is 7.43. The number of nitriles is 1. The van der Waals surface area contributed by atoms with Gasteiger partial charge in [0.25, 0.3) is 0 Å². The third kappa shape index (κ3) is 6.06. The molecule has 1 saturated heterocycles. The van der Waals surface area contributed by atoms with Crippen LogP contribution >= 0.6 is 11.3 Å². The SMILES string of the molecule is CC(C)(C)OC(=O)Nc1sc2c(F)cnc(-c3c4c(c5cnc(OCC6(CN7CCC(=CF)CC7)CC6)nc5c3F)COC4)c2c1C#N. The second-order valence-corrected chi connectivity index (χ2v) is 14.6. The fraction of sp³-hybridized carbons (Fsp3) is 0.441. The molecule has 4 aromatic rings. The smallest absolute Gasteiger partial charge is 0.412 e. The van der Waals surface area contributed by atoms with Crippen LogP contribution in [0.25, 0.3) is 32.2 Å². The van der Waals surface area contributed by atoms with Crippen LogP contribution in [0.15, 0.2) is 24.3 Å². The normalized spacial score (nSPS) is 17.3. The maximum atomic E-state index is 16.8. The number of carbonyl (C=O) groups is 1. The number of hydrogen-bond donors (Lipinski definition) is 1. The molecule has 0 bridgehead atoms. The predicted molar refractivity (Wildman–Crippen MR) is 173 cm³/mol. The van der Waals surface area contributed by atoms with Crippen molar-refractivity contribution in [2.24, 2.45) is 5.41 Å². The van der Waals surface area contributed by atoms with Crippen LogP contribution < -0.4 is 10.1 Å². The lowest BCUT2D eigenvalue weighted by atomic mass is 9.94. The number of pyridine rings is 1. The summed E-state index contributed by atoms with van der Waals surface area (Å²) < 4.78 is 62.0. The summed E-state index contributed by atoms with van der Waals surface area (Å²) in [4.78, 5) is 28.1. The highest BCUT2D eigenvalue weighted by Crippen LogP contribution is 2.48. The summed E-state index contributed by atoms with van der Waals surface area (Å²) >= 11 is 0.840. The summed E-state index contributed by atoms with van der Waals surface area (Å²) in [6, 6.07) is 2.06. The van der Waals surface area contributed by atoms with Crippen molar-refractivity contribution >= 4 is 43.4 Å². The van der Waals surface area contributed by atoms with Gasteiger partial charge >= 0.3 is 12.1 Å². The van der Waals surface area contributed by atoms with Gasteiger partial charge in [-0.2, -0.15) is 10.2 Å². The molecule has 0 unspecified atom stereocenters. The van der Waals surface area contributed by atoms with Gasteiger partial charge in [0.05, 0.1) is 48.3 Å². The number of likely N-dealkylation sites (tertiary alicyclic amines) is 1. The van der Waals surface area contributed by atoms with Gasteiger partial charge in [-0.05, 0) is 63.2 Å². The van der Waals surface area contributed by atoms with Crippen molar-refractivity contribution in [2.45, 2.75) is 65.3 Å². The number of hydrogen-bond acceptors (Lipinski definition) is 10. The molecule has 1 N–H and O–H groups in total. The average Bonchev–Trinajstić information content (AvgIpc) is 3.45. The van der Waals surface area contributed by atoms with Gasteiger partial charge in [0.1, 0.15) is 22.2 Å². The lowest BCUT2D eigenvalue weighted by Crippen LogP contribution is -2.37. The average molecular weight is 679 g/mol. The largest absolute Gasteiger partial charge is 0.463 e. The number of thiophene rings is 1. The summed E-state index contributed by atoms with van der Waals surface area (Å²) in [5.41, 5.74) is 1.12. The van der Waals surface area contributed by atoms with E-state index in [1.165, 1.54) is 6.20 Å². The molecule has 0 spiro atoms. The zero-order valence-corrected chi connectivity index (χ0v) is 27.5. The Morgan fingerprint density at radius 1 is 1.19 bits per heavy atom. The first-order valence-corrected chi connectivity index (χ1v) is 16.5. The minimum absolute atomic E-state index is 0.00854. The molecular formula is C34H33F3N6O4S. The number of carbonyl (C=O) groups excluding carboxylic acids is 1. The van der Waals surface area contributed by atoms with Crippen LogP contribution in [0.3, 0.4) is 0 Å². The number of nitrogens with one attached hydrogen (secondary N) is 1. The third-order valence-corrected chi connectivity index (χ3v) is 10.1. The third-order valence-electron chi connectivity index (χ3n) is 8.99. The van der Waals surface area contributed by atoms with Crippen LogP contribution in [0.2, 0.25) is 0 Å². The summed E-state index contributed by atoms with van der Waals surface area (Å²) in [7, 11) is 0. The van der Waals surface area contributed by atoms with E-state index >= 15 is 8.78 Å². The zero-order valence-electron chi connectivity index (χ0n) is 26.7. The van der Waals surface area contributed by atoms with E-state index in [2.05, 4.69) is 25.2 Å². The van der Waals surface area contributed by atoms with Crippen LogP contribution in [0, 0.1) is 28.4 Å². The number of fused-ring (bicyclic) bond motifs is 4. The highest BCUT2D eigenvalue weighted by atomic mass is 32.1. The first kappa shape index (κ1) is 32.2. The molecule has 1 saturated carbocycles. The van der Waals surface area contributed by atoms with Gasteiger partial charge in [0.15, 0.2) is 11.6 Å². The van der Waals surface area contributed by atoms with Gasteiger partial charge in [-0.1, -0.05) is 0 Å². The molecule has 10 nitrogen and oxygen atoms in total. The summed E-state index contributed by atoms with van der Waals surface area (Å²) in [6.07, 6.45) is 5.78. The van der Waals surface area contributed by atoms with Gasteiger partial charge in [-0.3, -0.25) is 10.3 Å². The lowest BCUT2D eigenvalue weighted by Gasteiger charge is -2.31. The second-order valence-electron chi connectivity index (χ2n) is 13.6. The molecule has 1 aromatic carbocycles. The Kier molecular flexibility index (Phi) is 8.25. The molecular weight excluding hydrogens is 645 g/mol. The Morgan fingerprint density at radius 3 is 2.62 bits per heavy atom. The fourth-order valence-electron chi connectivity index (χ4n) is 6.39. The van der Waals surface area contributed by atoms with E-state index in [-0.39, 0.29) is 62.1 Å². The number of amides is 1. The molecule has 3 aromatic heterocycles. The number of anilines is 1. The Balaban J connectivity index is 1.24. The molecule has 0 radical (unpaired) electrons. The Hall–Kier alpha value is -4.32. The zero-order chi connectivity index (χ0) is 33.8. The Bertz CT molecular complexity index is 2020. The number of rotatable bonds is 7. The second kappa shape index (κ2) is 12.3. The highest BCUT2D eigenvalue weighted by molar-refractivity contribution is 7.23. The van der Waals surface area contributed by atoms with E-state index in [1.807, 2.05) is 6.07 Å². The van der Waals surface area contributed by atoms with Crippen LogP contribution in [-0.2, 0) is 22.7 Å². The maximum Gasteiger partial charge on any atom is 0.412 e. The van der Waals surface area contributed by atoms with E-state index in [4.69, 9.17) is 14.2 Å². The number of halogens is 3. The van der Waals surface area contributed by atoms with E-state index in [9.17, 15) is 14.4 Å². The lowest BCUT2D eigenvalue weighted by molar-refractivity contribution is 0.0636. The molecule has 0 atom stereocenters. The predicted octanol–water partition coefficient (Wildman–Crippen LogP) is 7.54. The molecule has 7 rings (SSSR count). The van der Waals surface area contributed by atoms with Crippen LogP contribution in [0.5, 0.6) is 6.01 Å². The minimum atomic E-state index is -0.817. The number of aromatic nitrogens is 3. The molecule has 3 aliphatic rings. The molecule has 1 amide bonds. The quantitative estimate of drug-likeness (QED) is 0.211. The van der Waals surface area contributed by atoms with Crippen molar-refractivity contribution in [1.29, 1.82) is 5.26 Å². The van der Waals surface area contributed by atoms with E-state index in [0.29, 0.717) is 23.1 Å². The molecule has 5 heterocycles. The Morgan fingerprint density at radius 2 is 1.94 bits per heavy atom. The van der Waals surface area contributed by atoms with Crippen molar-refractivity contribution in [2.75, 3.05) is 31.6 Å². The standard InChI is InChI=1S/C34H33F3N6O4S/c1-33(2,3)47-32(44)42-30-19(11-38)25-28(39-13-23(36)29(25)48-30)24-22-15-45-14-21(22)20-12-40-31(41-27(20)26(24)37)46-17-34(6-7-34)16-43-8-4-18(10-35)5-9-43/h10,12-13H,4-9,14-17H2,1-3H3,(H,42,44). The number of ether oxygens (including phenoxy) is 3. The number of benzene rings is 1. The molecule has 48 heavy (non-hydrogen) atoms. The molecule has 2 fully saturated rings. The van der Waals surface area contributed by atoms with Crippen molar-refractivity contribution in [3.63, 3.8) is 0 Å². The first-order chi connectivity index (χ1) is 23.0. The van der Waals surface area contributed by atoms with E-state index < -0.39 is 23.3 Å². The summed E-state index contributed by atoms with van der Waals surface area (Å²) in [5, 5.41) is 13.3. The van der Waals surface area contributed by atoms with Crippen molar-refractivity contribution in [3.8, 4) is 23.3 Å². The number of nitrogens with zero attached hydrogens (tertiary/aromatic N) is 5. The first-order valence-electron chi connectivity index (χ1n) is 15.7.